The minimum Gasteiger partial charge on any atom is -0.454 e. The number of nitrogens with one attached hydrogen (secondary N) is 2. The highest BCUT2D eigenvalue weighted by atomic mass is 127. The van der Waals surface area contributed by atoms with Crippen molar-refractivity contribution in [1.29, 1.82) is 0 Å². The zero-order chi connectivity index (χ0) is 19.2. The zero-order valence-electron chi connectivity index (χ0n) is 17.1. The molecule has 0 saturated carbocycles. The van der Waals surface area contributed by atoms with Gasteiger partial charge in [-0.3, -0.25) is 4.99 Å². The third kappa shape index (κ3) is 5.46. The van der Waals surface area contributed by atoms with Gasteiger partial charge in [-0.15, -0.1) is 24.0 Å². The fraction of sp³-hybridized carbons (Fsp3) is 0.667. The normalized spacial score (nSPS) is 21.3. The molecule has 0 aromatic heterocycles. The Morgan fingerprint density at radius 1 is 1.03 bits per heavy atom. The van der Waals surface area contributed by atoms with Crippen molar-refractivity contribution in [3.63, 3.8) is 0 Å². The predicted octanol–water partition coefficient (Wildman–Crippen LogP) is 2.67. The molecule has 0 spiro atoms. The van der Waals surface area contributed by atoms with Crippen LogP contribution in [-0.4, -0.2) is 59.3 Å². The van der Waals surface area contributed by atoms with Gasteiger partial charge >= 0.3 is 0 Å². The average Bonchev–Trinajstić information content (AvgIpc) is 3.23. The van der Waals surface area contributed by atoms with Crippen LogP contribution in [0.15, 0.2) is 23.2 Å². The molecule has 29 heavy (non-hydrogen) atoms. The van der Waals surface area contributed by atoms with Crippen LogP contribution < -0.4 is 20.1 Å². The molecule has 2 N–H and O–H groups in total. The summed E-state index contributed by atoms with van der Waals surface area (Å²) in [5.74, 6) is 3.18. The molecular weight excluding hydrogens is 485 g/mol. The van der Waals surface area contributed by atoms with Gasteiger partial charge in [0, 0.05) is 52.0 Å². The Morgan fingerprint density at radius 2 is 1.76 bits per heavy atom. The Hall–Kier alpha value is -1.26. The minimum atomic E-state index is -0.00444. The van der Waals surface area contributed by atoms with Crippen LogP contribution in [-0.2, 0) is 14.9 Å². The standard InChI is InChI=1S/C21H31N3O4.HI/c1-22-20(23-13-16-4-8-25-9-5-16)24-14-21(6-10-26-11-7-21)17-2-3-18-19(12-17)28-15-27-18;/h2-3,12,16H,4-11,13-15H2,1H3,(H2,22,23,24);1H. The van der Waals surface area contributed by atoms with Crippen molar-refractivity contribution < 1.29 is 18.9 Å². The van der Waals surface area contributed by atoms with E-state index in [1.165, 1.54) is 5.56 Å². The van der Waals surface area contributed by atoms with Crippen LogP contribution in [0.4, 0.5) is 0 Å². The lowest BCUT2D eigenvalue weighted by Gasteiger charge is -2.38. The molecule has 0 aliphatic carbocycles. The fourth-order valence-corrected chi connectivity index (χ4v) is 4.22. The summed E-state index contributed by atoms with van der Waals surface area (Å²) in [6.45, 7) is 5.31. The summed E-state index contributed by atoms with van der Waals surface area (Å²) in [6.07, 6.45) is 4.16. The molecule has 4 rings (SSSR count). The Kier molecular flexibility index (Phi) is 8.25. The molecule has 3 aliphatic rings. The minimum absolute atomic E-state index is 0. The number of fused-ring (bicyclic) bond motifs is 1. The lowest BCUT2D eigenvalue weighted by molar-refractivity contribution is 0.0512. The van der Waals surface area contributed by atoms with Crippen molar-refractivity contribution in [2.24, 2.45) is 10.9 Å². The second-order valence-corrected chi connectivity index (χ2v) is 7.82. The number of halogens is 1. The van der Waals surface area contributed by atoms with E-state index in [9.17, 15) is 0 Å². The molecule has 0 bridgehead atoms. The molecule has 2 saturated heterocycles. The smallest absolute Gasteiger partial charge is 0.231 e. The molecule has 7 nitrogen and oxygen atoms in total. The Balaban J connectivity index is 0.00000240. The second kappa shape index (κ2) is 10.7. The first-order chi connectivity index (χ1) is 13.8. The predicted molar refractivity (Wildman–Crippen MR) is 123 cm³/mol. The number of guanidine groups is 1. The summed E-state index contributed by atoms with van der Waals surface area (Å²) in [4.78, 5) is 4.43. The summed E-state index contributed by atoms with van der Waals surface area (Å²) in [5.41, 5.74) is 1.27. The summed E-state index contributed by atoms with van der Waals surface area (Å²) < 4.78 is 22.2. The fourth-order valence-electron chi connectivity index (χ4n) is 4.22. The van der Waals surface area contributed by atoms with Gasteiger partial charge in [-0.25, -0.2) is 0 Å². The van der Waals surface area contributed by atoms with E-state index in [0.29, 0.717) is 12.7 Å². The highest BCUT2D eigenvalue weighted by Crippen LogP contribution is 2.40. The van der Waals surface area contributed by atoms with Gasteiger partial charge in [-0.1, -0.05) is 6.07 Å². The highest BCUT2D eigenvalue weighted by Gasteiger charge is 2.36. The molecule has 1 aromatic rings. The molecule has 0 unspecified atom stereocenters. The molecule has 3 heterocycles. The van der Waals surface area contributed by atoms with Gasteiger partial charge in [0.25, 0.3) is 0 Å². The zero-order valence-corrected chi connectivity index (χ0v) is 19.4. The van der Waals surface area contributed by atoms with Crippen LogP contribution in [0.1, 0.15) is 31.2 Å². The number of hydrogen-bond donors (Lipinski definition) is 2. The van der Waals surface area contributed by atoms with E-state index >= 15 is 0 Å². The SMILES string of the molecule is CN=C(NCC1CCOCC1)NCC1(c2ccc3c(c2)OCO3)CCOCC1.I. The number of benzene rings is 1. The van der Waals surface area contributed by atoms with E-state index in [-0.39, 0.29) is 29.4 Å². The third-order valence-corrected chi connectivity index (χ3v) is 6.15. The monoisotopic (exact) mass is 517 g/mol. The van der Waals surface area contributed by atoms with Crippen LogP contribution >= 0.6 is 24.0 Å². The molecule has 162 valence electrons. The first-order valence-electron chi connectivity index (χ1n) is 10.3. The Labute approximate surface area is 189 Å². The van der Waals surface area contributed by atoms with E-state index in [0.717, 1.165) is 82.7 Å². The summed E-state index contributed by atoms with van der Waals surface area (Å²) in [5, 5.41) is 7.06. The largest absolute Gasteiger partial charge is 0.454 e. The van der Waals surface area contributed by atoms with Gasteiger partial charge < -0.3 is 29.6 Å². The quantitative estimate of drug-likeness (QED) is 0.356. The van der Waals surface area contributed by atoms with E-state index in [4.69, 9.17) is 18.9 Å². The summed E-state index contributed by atoms with van der Waals surface area (Å²) in [6, 6.07) is 6.32. The van der Waals surface area contributed by atoms with Crippen LogP contribution in [0.5, 0.6) is 11.5 Å². The second-order valence-electron chi connectivity index (χ2n) is 7.82. The van der Waals surface area contributed by atoms with Crippen LogP contribution in [0.25, 0.3) is 0 Å². The maximum absolute atomic E-state index is 5.66. The van der Waals surface area contributed by atoms with Gasteiger partial charge in [-0.2, -0.15) is 0 Å². The third-order valence-electron chi connectivity index (χ3n) is 6.15. The topological polar surface area (TPSA) is 73.3 Å². The highest BCUT2D eigenvalue weighted by molar-refractivity contribution is 14.0. The lowest BCUT2D eigenvalue weighted by Crippen LogP contribution is -2.49. The van der Waals surface area contributed by atoms with Gasteiger partial charge in [0.15, 0.2) is 17.5 Å². The van der Waals surface area contributed by atoms with E-state index < -0.39 is 0 Å². The van der Waals surface area contributed by atoms with Crippen molar-refractivity contribution >= 4 is 29.9 Å². The van der Waals surface area contributed by atoms with Gasteiger partial charge in [0.05, 0.1) is 0 Å². The Morgan fingerprint density at radius 3 is 2.52 bits per heavy atom. The van der Waals surface area contributed by atoms with Crippen molar-refractivity contribution in [1.82, 2.24) is 10.6 Å². The van der Waals surface area contributed by atoms with E-state index in [1.807, 2.05) is 13.1 Å². The summed E-state index contributed by atoms with van der Waals surface area (Å²) in [7, 11) is 1.83. The lowest BCUT2D eigenvalue weighted by atomic mass is 9.74. The number of hydrogen-bond acceptors (Lipinski definition) is 5. The molecule has 1 aromatic carbocycles. The molecule has 8 heteroatoms. The van der Waals surface area contributed by atoms with Crippen molar-refractivity contribution in [3.8, 4) is 11.5 Å². The van der Waals surface area contributed by atoms with Gasteiger partial charge in [-0.05, 0) is 49.3 Å². The average molecular weight is 517 g/mol. The van der Waals surface area contributed by atoms with Crippen LogP contribution in [0.3, 0.4) is 0 Å². The Bertz CT molecular complexity index is 689. The first kappa shape index (κ1) is 22.4. The number of nitrogens with zero attached hydrogens (tertiary/aromatic N) is 1. The van der Waals surface area contributed by atoms with E-state index in [2.05, 4.69) is 27.8 Å². The molecule has 3 aliphatic heterocycles. The molecule has 0 amide bonds. The van der Waals surface area contributed by atoms with Crippen LogP contribution in [0.2, 0.25) is 0 Å². The van der Waals surface area contributed by atoms with Crippen molar-refractivity contribution in [2.75, 3.05) is 53.4 Å². The maximum atomic E-state index is 5.66. The first-order valence-corrected chi connectivity index (χ1v) is 10.3. The van der Waals surface area contributed by atoms with Crippen LogP contribution in [0, 0.1) is 5.92 Å². The van der Waals surface area contributed by atoms with Gasteiger partial charge in [0.2, 0.25) is 6.79 Å². The van der Waals surface area contributed by atoms with Crippen molar-refractivity contribution in [2.45, 2.75) is 31.1 Å². The van der Waals surface area contributed by atoms with Crippen molar-refractivity contribution in [3.05, 3.63) is 23.8 Å². The summed E-state index contributed by atoms with van der Waals surface area (Å²) >= 11 is 0. The van der Waals surface area contributed by atoms with Gasteiger partial charge in [0.1, 0.15) is 0 Å². The molecule has 0 atom stereocenters. The number of aliphatic imine (C=N–C) groups is 1. The number of ether oxygens (including phenoxy) is 4. The number of rotatable bonds is 5. The molecule has 2 fully saturated rings. The molecular formula is C21H32IN3O4. The maximum Gasteiger partial charge on any atom is 0.231 e. The molecule has 0 radical (unpaired) electrons. The van der Waals surface area contributed by atoms with E-state index in [1.54, 1.807) is 0 Å².